The van der Waals surface area contributed by atoms with Gasteiger partial charge in [-0.1, -0.05) is 11.6 Å². The zero-order valence-electron chi connectivity index (χ0n) is 9.99. The van der Waals surface area contributed by atoms with E-state index in [9.17, 15) is 27.6 Å². The molecule has 0 bridgehead atoms. The van der Waals surface area contributed by atoms with E-state index in [-0.39, 0.29) is 0 Å². The number of carboxylic acid groups (broad SMARTS) is 1. The van der Waals surface area contributed by atoms with Crippen LogP contribution >= 0.6 is 11.6 Å². The Balaban J connectivity index is 3.24. The molecule has 20 heavy (non-hydrogen) atoms. The first kappa shape index (κ1) is 16.2. The molecule has 0 aliphatic rings. The number of carboxylic acids is 1. The van der Waals surface area contributed by atoms with Crippen molar-refractivity contribution in [3.05, 3.63) is 34.3 Å². The topological polar surface area (TPSA) is 71.4 Å². The molecule has 0 spiro atoms. The lowest BCUT2D eigenvalue weighted by Crippen LogP contribution is -2.30. The first-order chi connectivity index (χ1) is 9.05. The predicted molar refractivity (Wildman–Crippen MR) is 62.6 cm³/mol. The molecule has 0 saturated heterocycles. The number of carbonyl (C=O) groups is 3. The van der Waals surface area contributed by atoms with Gasteiger partial charge in [-0.3, -0.25) is 14.4 Å². The van der Waals surface area contributed by atoms with Gasteiger partial charge in [-0.15, -0.1) is 0 Å². The molecule has 1 atom stereocenters. The Morgan fingerprint density at radius 2 is 1.80 bits per heavy atom. The largest absolute Gasteiger partial charge is 0.480 e. The Bertz CT molecular complexity index is 567. The van der Waals surface area contributed by atoms with Crippen LogP contribution in [-0.2, 0) is 15.8 Å². The van der Waals surface area contributed by atoms with E-state index in [1.807, 2.05) is 0 Å². The maximum absolute atomic E-state index is 12.4. The number of hydrogen-bond donors (Lipinski definition) is 1. The second-order valence-corrected chi connectivity index (χ2v) is 4.35. The van der Waals surface area contributed by atoms with Crippen molar-refractivity contribution in [2.75, 3.05) is 0 Å². The summed E-state index contributed by atoms with van der Waals surface area (Å²) >= 11 is 5.56. The van der Waals surface area contributed by atoms with Crippen molar-refractivity contribution in [3.8, 4) is 0 Å². The lowest BCUT2D eigenvalue weighted by molar-refractivity contribution is -0.143. The van der Waals surface area contributed by atoms with Crippen LogP contribution in [0.5, 0.6) is 0 Å². The van der Waals surface area contributed by atoms with Gasteiger partial charge in [-0.25, -0.2) is 0 Å². The van der Waals surface area contributed by atoms with Gasteiger partial charge in [0.05, 0.1) is 10.6 Å². The summed E-state index contributed by atoms with van der Waals surface area (Å²) < 4.78 is 37.3. The van der Waals surface area contributed by atoms with Gasteiger partial charge in [-0.05, 0) is 25.1 Å². The molecule has 0 aliphatic carbocycles. The molecule has 0 radical (unpaired) electrons. The number of Topliss-reactive ketones (excluding diaryl/α,β-unsaturated/α-hetero) is 2. The molecule has 1 N–H and O–H groups in total. The Kier molecular flexibility index (Phi) is 4.54. The highest BCUT2D eigenvalue weighted by atomic mass is 35.5. The van der Waals surface area contributed by atoms with E-state index in [4.69, 9.17) is 16.7 Å². The number of halogens is 4. The lowest BCUT2D eigenvalue weighted by Gasteiger charge is -2.11. The zero-order valence-corrected chi connectivity index (χ0v) is 10.7. The van der Waals surface area contributed by atoms with Gasteiger partial charge < -0.3 is 5.11 Å². The fraction of sp³-hybridized carbons (Fsp3) is 0.250. The SMILES string of the molecule is CC(=O)C(C(=O)O)C(=O)c1ccc(C(F)(F)F)cc1Cl. The third kappa shape index (κ3) is 3.36. The van der Waals surface area contributed by atoms with Crippen LogP contribution in [0.2, 0.25) is 5.02 Å². The summed E-state index contributed by atoms with van der Waals surface area (Å²) in [5.41, 5.74) is -1.52. The van der Waals surface area contributed by atoms with Gasteiger partial charge in [0.15, 0.2) is 17.5 Å². The van der Waals surface area contributed by atoms with E-state index in [2.05, 4.69) is 0 Å². The van der Waals surface area contributed by atoms with E-state index in [1.165, 1.54) is 0 Å². The molecule has 4 nitrogen and oxygen atoms in total. The van der Waals surface area contributed by atoms with Crippen LogP contribution in [-0.4, -0.2) is 22.6 Å². The second-order valence-electron chi connectivity index (χ2n) is 3.94. The highest BCUT2D eigenvalue weighted by Gasteiger charge is 2.35. The summed E-state index contributed by atoms with van der Waals surface area (Å²) in [5, 5.41) is 8.23. The van der Waals surface area contributed by atoms with E-state index in [1.54, 1.807) is 0 Å². The summed E-state index contributed by atoms with van der Waals surface area (Å²) in [6.45, 7) is 0.897. The molecule has 0 aliphatic heterocycles. The van der Waals surface area contributed by atoms with Crippen molar-refractivity contribution in [2.45, 2.75) is 13.1 Å². The molecule has 108 valence electrons. The summed E-state index contributed by atoms with van der Waals surface area (Å²) in [7, 11) is 0. The van der Waals surface area contributed by atoms with E-state index >= 15 is 0 Å². The van der Waals surface area contributed by atoms with Crippen molar-refractivity contribution in [2.24, 2.45) is 5.92 Å². The molecule has 0 heterocycles. The van der Waals surface area contributed by atoms with Gasteiger partial charge in [0.2, 0.25) is 0 Å². The third-order valence-corrected chi connectivity index (χ3v) is 2.79. The maximum Gasteiger partial charge on any atom is 0.416 e. The van der Waals surface area contributed by atoms with Crippen LogP contribution in [0.15, 0.2) is 18.2 Å². The van der Waals surface area contributed by atoms with Crippen LogP contribution in [0.3, 0.4) is 0 Å². The Labute approximate surface area is 116 Å². The number of benzene rings is 1. The van der Waals surface area contributed by atoms with Crippen LogP contribution in [0, 0.1) is 5.92 Å². The van der Waals surface area contributed by atoms with Crippen molar-refractivity contribution in [3.63, 3.8) is 0 Å². The van der Waals surface area contributed by atoms with Crippen molar-refractivity contribution >= 4 is 29.1 Å². The molecule has 8 heteroatoms. The predicted octanol–water partition coefficient (Wildman–Crippen LogP) is 2.83. The van der Waals surface area contributed by atoms with Gasteiger partial charge in [0.25, 0.3) is 0 Å². The van der Waals surface area contributed by atoms with Crippen LogP contribution in [0.4, 0.5) is 13.2 Å². The molecule has 1 aromatic carbocycles. The molecule has 1 rings (SSSR count). The quantitative estimate of drug-likeness (QED) is 0.686. The van der Waals surface area contributed by atoms with Gasteiger partial charge in [-0.2, -0.15) is 13.2 Å². The molecule has 1 aromatic rings. The second kappa shape index (κ2) is 5.62. The zero-order chi connectivity index (χ0) is 15.7. The lowest BCUT2D eigenvalue weighted by atomic mass is 9.94. The Morgan fingerprint density at radius 3 is 2.15 bits per heavy atom. The molecule has 0 amide bonds. The summed E-state index contributed by atoms with van der Waals surface area (Å²) in [4.78, 5) is 33.8. The van der Waals surface area contributed by atoms with Crippen LogP contribution < -0.4 is 0 Å². The first-order valence-electron chi connectivity index (χ1n) is 5.20. The number of hydrogen-bond acceptors (Lipinski definition) is 3. The number of ketones is 2. The normalized spacial score (nSPS) is 12.8. The van der Waals surface area contributed by atoms with E-state index in [0.29, 0.717) is 12.1 Å². The Hall–Kier alpha value is -1.89. The standard InChI is InChI=1S/C12H8ClF3O4/c1-5(17)9(11(19)20)10(18)7-3-2-6(4-8(7)13)12(14,15)16/h2-4,9H,1H3,(H,19,20). The highest BCUT2D eigenvalue weighted by Crippen LogP contribution is 2.32. The van der Waals surface area contributed by atoms with E-state index in [0.717, 1.165) is 13.0 Å². The minimum atomic E-state index is -4.64. The Morgan fingerprint density at radius 1 is 1.25 bits per heavy atom. The van der Waals surface area contributed by atoms with Crippen molar-refractivity contribution < 1.29 is 32.7 Å². The molecule has 0 saturated carbocycles. The monoisotopic (exact) mass is 308 g/mol. The van der Waals surface area contributed by atoms with Gasteiger partial charge >= 0.3 is 12.1 Å². The molecular weight excluding hydrogens is 301 g/mol. The molecule has 0 fully saturated rings. The number of alkyl halides is 3. The first-order valence-corrected chi connectivity index (χ1v) is 5.57. The third-order valence-electron chi connectivity index (χ3n) is 2.48. The number of rotatable bonds is 4. The number of carbonyl (C=O) groups excluding carboxylic acids is 2. The van der Waals surface area contributed by atoms with Gasteiger partial charge in [0, 0.05) is 5.56 Å². The summed E-state index contributed by atoms with van der Waals surface area (Å²) in [5.74, 6) is -5.75. The minimum Gasteiger partial charge on any atom is -0.480 e. The molecule has 0 aromatic heterocycles. The molecule has 1 unspecified atom stereocenters. The van der Waals surface area contributed by atoms with Gasteiger partial charge in [0.1, 0.15) is 0 Å². The fourth-order valence-electron chi connectivity index (χ4n) is 1.52. The van der Waals surface area contributed by atoms with Crippen LogP contribution in [0.25, 0.3) is 0 Å². The summed E-state index contributed by atoms with van der Waals surface area (Å²) in [6.07, 6.45) is -4.64. The molecular formula is C12H8ClF3O4. The smallest absolute Gasteiger partial charge is 0.416 e. The fourth-order valence-corrected chi connectivity index (χ4v) is 1.79. The minimum absolute atomic E-state index is 0.442. The maximum atomic E-state index is 12.4. The van der Waals surface area contributed by atoms with Crippen molar-refractivity contribution in [1.29, 1.82) is 0 Å². The average Bonchev–Trinajstić information content (AvgIpc) is 2.26. The summed E-state index contributed by atoms with van der Waals surface area (Å²) in [6, 6.07) is 1.86. The average molecular weight is 309 g/mol. The van der Waals surface area contributed by atoms with E-state index < -0.39 is 45.8 Å². The van der Waals surface area contributed by atoms with Crippen molar-refractivity contribution in [1.82, 2.24) is 0 Å². The van der Waals surface area contributed by atoms with Crippen LogP contribution in [0.1, 0.15) is 22.8 Å². The number of aliphatic carboxylic acids is 1. The highest BCUT2D eigenvalue weighted by molar-refractivity contribution is 6.35.